The Bertz CT molecular complexity index is 1310. The minimum absolute atomic E-state index is 0.0898. The number of likely N-dealkylation sites (N-methyl/N-ethyl adjacent to an activating group) is 1. The number of nitrogens with one attached hydrogen (secondary N) is 2. The number of amides is 1. The zero-order valence-corrected chi connectivity index (χ0v) is 17.6. The van der Waals surface area contributed by atoms with E-state index >= 15 is 0 Å². The number of aryl methyl sites for hydroxylation is 1. The highest BCUT2D eigenvalue weighted by atomic mass is 19.3. The number of likely N-dealkylation sites (tertiary alicyclic amines) is 1. The highest BCUT2D eigenvalue weighted by Crippen LogP contribution is 2.28. The van der Waals surface area contributed by atoms with Gasteiger partial charge in [-0.2, -0.15) is 4.98 Å². The van der Waals surface area contributed by atoms with Gasteiger partial charge in [0.15, 0.2) is 5.65 Å². The van der Waals surface area contributed by atoms with Crippen LogP contribution in [0.4, 0.5) is 14.7 Å². The maximum absolute atomic E-state index is 13.0. The molecule has 0 aliphatic carbocycles. The first kappa shape index (κ1) is 20.3. The van der Waals surface area contributed by atoms with E-state index in [0.717, 1.165) is 17.4 Å². The lowest BCUT2D eigenvalue weighted by molar-refractivity contribution is -0.132. The summed E-state index contributed by atoms with van der Waals surface area (Å²) >= 11 is 0. The summed E-state index contributed by atoms with van der Waals surface area (Å²) in [7, 11) is 1.79. The molecule has 0 bridgehead atoms. The lowest BCUT2D eigenvalue weighted by Crippen LogP contribution is -2.43. The molecule has 11 heteroatoms. The number of carbonyl (C=O) groups excluding carboxylic acids is 1. The summed E-state index contributed by atoms with van der Waals surface area (Å²) < 4.78 is 27.5. The second-order valence-corrected chi connectivity index (χ2v) is 8.01. The molecule has 166 valence electrons. The summed E-state index contributed by atoms with van der Waals surface area (Å²) in [5, 5.41) is 4.06. The Labute approximate surface area is 181 Å². The predicted octanol–water partition coefficient (Wildman–Crippen LogP) is 2.98. The molecule has 0 radical (unpaired) electrons. The lowest BCUT2D eigenvalue weighted by Gasteiger charge is -2.30. The van der Waals surface area contributed by atoms with Crippen LogP contribution in [0.2, 0.25) is 0 Å². The van der Waals surface area contributed by atoms with Crippen molar-refractivity contribution in [3.63, 3.8) is 0 Å². The number of anilines is 1. The number of fused-ring (bicyclic) bond motifs is 2. The predicted molar refractivity (Wildman–Crippen MR) is 115 cm³/mol. The Morgan fingerprint density at radius 1 is 1.28 bits per heavy atom. The monoisotopic (exact) mass is 440 g/mol. The minimum Gasteiger partial charge on any atom is -0.350 e. The Balaban J connectivity index is 1.45. The fourth-order valence-electron chi connectivity index (χ4n) is 4.12. The molecular weight excluding hydrogens is 418 g/mol. The van der Waals surface area contributed by atoms with Crippen LogP contribution >= 0.6 is 0 Å². The van der Waals surface area contributed by atoms with Crippen molar-refractivity contribution in [2.24, 2.45) is 0 Å². The van der Waals surface area contributed by atoms with Crippen LogP contribution in [0.25, 0.3) is 33.5 Å². The number of piperidine rings is 1. The van der Waals surface area contributed by atoms with Crippen molar-refractivity contribution in [3.05, 3.63) is 30.4 Å². The van der Waals surface area contributed by atoms with E-state index in [1.54, 1.807) is 37.3 Å². The van der Waals surface area contributed by atoms with Gasteiger partial charge in [-0.3, -0.25) is 4.79 Å². The molecule has 32 heavy (non-hydrogen) atoms. The number of alkyl halides is 2. The maximum atomic E-state index is 13.0. The van der Waals surface area contributed by atoms with Crippen molar-refractivity contribution in [1.82, 2.24) is 34.4 Å². The molecule has 1 amide bonds. The molecule has 1 fully saturated rings. The van der Waals surface area contributed by atoms with Crippen molar-refractivity contribution in [2.45, 2.75) is 38.8 Å². The van der Waals surface area contributed by atoms with Crippen molar-refractivity contribution >= 4 is 34.1 Å². The number of nitrogens with zero attached hydrogens (tertiary/aromatic N) is 6. The number of rotatable bonds is 5. The van der Waals surface area contributed by atoms with Crippen molar-refractivity contribution in [2.75, 3.05) is 18.9 Å². The van der Waals surface area contributed by atoms with Gasteiger partial charge in [0.05, 0.1) is 12.2 Å². The average Bonchev–Trinajstić information content (AvgIpc) is 3.31. The van der Waals surface area contributed by atoms with E-state index < -0.39 is 13.0 Å². The molecule has 1 saturated heterocycles. The van der Waals surface area contributed by atoms with E-state index in [1.165, 1.54) is 4.57 Å². The third-order valence-electron chi connectivity index (χ3n) is 5.77. The Morgan fingerprint density at radius 3 is 2.91 bits per heavy atom. The van der Waals surface area contributed by atoms with Gasteiger partial charge in [-0.1, -0.05) is 0 Å². The number of pyridine rings is 1. The van der Waals surface area contributed by atoms with Crippen LogP contribution in [0.1, 0.15) is 18.7 Å². The number of aromatic nitrogens is 6. The lowest BCUT2D eigenvalue weighted by atomic mass is 10.1. The van der Waals surface area contributed by atoms with Gasteiger partial charge >= 0.3 is 0 Å². The van der Waals surface area contributed by atoms with Gasteiger partial charge in [-0.25, -0.2) is 23.7 Å². The van der Waals surface area contributed by atoms with E-state index in [9.17, 15) is 13.6 Å². The largest absolute Gasteiger partial charge is 0.350 e. The van der Waals surface area contributed by atoms with Gasteiger partial charge in [0, 0.05) is 49.4 Å². The highest BCUT2D eigenvalue weighted by Gasteiger charge is 2.23. The number of hydrogen-bond acceptors (Lipinski definition) is 6. The molecule has 0 saturated carbocycles. The molecule has 0 spiro atoms. The van der Waals surface area contributed by atoms with Crippen molar-refractivity contribution in [3.8, 4) is 11.3 Å². The number of H-pyrrole nitrogens is 1. The molecular formula is C21H22F2N8O. The molecule has 5 heterocycles. The van der Waals surface area contributed by atoms with Crippen LogP contribution in [-0.4, -0.2) is 66.4 Å². The summed E-state index contributed by atoms with van der Waals surface area (Å²) in [5.74, 6) is 1.12. The van der Waals surface area contributed by atoms with E-state index in [-0.39, 0.29) is 11.9 Å². The van der Waals surface area contributed by atoms with Gasteiger partial charge in [0.2, 0.25) is 11.9 Å². The van der Waals surface area contributed by atoms with Gasteiger partial charge in [0.1, 0.15) is 17.0 Å². The Morgan fingerprint density at radius 2 is 2.12 bits per heavy atom. The molecule has 0 aromatic carbocycles. The first-order valence-corrected chi connectivity index (χ1v) is 10.4. The summed E-state index contributed by atoms with van der Waals surface area (Å²) in [6.45, 7) is 1.84. The minimum atomic E-state index is -2.49. The average molecular weight is 440 g/mol. The molecule has 1 atom stereocenters. The van der Waals surface area contributed by atoms with Crippen LogP contribution in [-0.2, 0) is 11.3 Å². The molecule has 4 aromatic heterocycles. The van der Waals surface area contributed by atoms with Crippen LogP contribution in [0.3, 0.4) is 0 Å². The Hall–Kier alpha value is -3.63. The van der Waals surface area contributed by atoms with E-state index in [1.807, 2.05) is 6.07 Å². The number of hydrogen-bond donors (Lipinski definition) is 2. The highest BCUT2D eigenvalue weighted by molar-refractivity contribution is 5.93. The molecule has 1 aliphatic rings. The summed E-state index contributed by atoms with van der Waals surface area (Å²) in [5.41, 5.74) is 3.03. The van der Waals surface area contributed by atoms with Crippen LogP contribution in [0.5, 0.6) is 0 Å². The third kappa shape index (κ3) is 3.63. The van der Waals surface area contributed by atoms with Crippen LogP contribution < -0.4 is 5.32 Å². The normalized spacial score (nSPS) is 17.1. The van der Waals surface area contributed by atoms with Gasteiger partial charge in [0.25, 0.3) is 6.43 Å². The van der Waals surface area contributed by atoms with E-state index in [4.69, 9.17) is 0 Å². The maximum Gasteiger partial charge on any atom is 0.256 e. The summed E-state index contributed by atoms with van der Waals surface area (Å²) in [6, 6.07) is 3.68. The first-order chi connectivity index (χ1) is 15.4. The van der Waals surface area contributed by atoms with Crippen molar-refractivity contribution in [1.29, 1.82) is 0 Å². The standard InChI is InChI=1S/C21H22F2N8O/c1-11-26-16-5-4-15(28-20(16)31(11)10-17(22)23)13-7-24-19-14(13)8-25-21(29-19)27-12-3-6-18(32)30(2)9-12/h4-5,7-8,12,17H,3,6,9-10H2,1-2H3,(H2,24,25,27,29). The van der Waals surface area contributed by atoms with Crippen LogP contribution in [0, 0.1) is 6.92 Å². The summed E-state index contributed by atoms with van der Waals surface area (Å²) in [6.07, 6.45) is 2.23. The molecule has 4 aromatic rings. The molecule has 9 nitrogen and oxygen atoms in total. The van der Waals surface area contributed by atoms with E-state index in [0.29, 0.717) is 47.2 Å². The number of halogens is 2. The van der Waals surface area contributed by atoms with Crippen LogP contribution in [0.15, 0.2) is 24.5 Å². The van der Waals surface area contributed by atoms with Gasteiger partial charge < -0.3 is 19.8 Å². The van der Waals surface area contributed by atoms with Gasteiger partial charge in [-0.05, 0) is 25.5 Å². The smallest absolute Gasteiger partial charge is 0.256 e. The Kier molecular flexibility index (Phi) is 4.95. The number of carbonyl (C=O) groups is 1. The SMILES string of the molecule is Cc1nc2ccc(-c3c[nH]c4nc(NC5CCC(=O)N(C)C5)ncc34)nc2n1CC(F)F. The second kappa shape index (κ2) is 7.81. The molecule has 5 rings (SSSR count). The fraction of sp³-hybridized carbons (Fsp3) is 0.381. The number of imidazole rings is 1. The molecule has 2 N–H and O–H groups in total. The number of aromatic amines is 1. The first-order valence-electron chi connectivity index (χ1n) is 10.4. The van der Waals surface area contributed by atoms with Gasteiger partial charge in [-0.15, -0.1) is 0 Å². The third-order valence-corrected chi connectivity index (χ3v) is 5.77. The topological polar surface area (TPSA) is 105 Å². The molecule has 1 unspecified atom stereocenters. The fourth-order valence-corrected chi connectivity index (χ4v) is 4.12. The second-order valence-electron chi connectivity index (χ2n) is 8.01. The zero-order valence-electron chi connectivity index (χ0n) is 17.6. The summed E-state index contributed by atoms with van der Waals surface area (Å²) in [4.78, 5) is 34.5. The van der Waals surface area contributed by atoms with E-state index in [2.05, 4.69) is 30.2 Å². The quantitative estimate of drug-likeness (QED) is 0.494. The van der Waals surface area contributed by atoms with Crippen molar-refractivity contribution < 1.29 is 13.6 Å². The molecule has 1 aliphatic heterocycles. The zero-order chi connectivity index (χ0) is 22.4.